The molecule has 0 aliphatic heterocycles. The van der Waals surface area contributed by atoms with Crippen LogP contribution in [-0.2, 0) is 17.9 Å². The first-order chi connectivity index (χ1) is 11.0. The van der Waals surface area contributed by atoms with E-state index in [2.05, 4.69) is 10.4 Å². The molecule has 0 saturated heterocycles. The van der Waals surface area contributed by atoms with Gasteiger partial charge < -0.3 is 5.32 Å². The maximum Gasteiger partial charge on any atom is 0.269 e. The summed E-state index contributed by atoms with van der Waals surface area (Å²) in [5.74, 6) is -0.177. The molecule has 0 unspecified atom stereocenters. The van der Waals surface area contributed by atoms with Gasteiger partial charge in [-0.1, -0.05) is 0 Å². The maximum atomic E-state index is 12.0. The van der Waals surface area contributed by atoms with E-state index in [-0.39, 0.29) is 18.1 Å². The molecule has 1 heterocycles. The molecule has 0 radical (unpaired) electrons. The summed E-state index contributed by atoms with van der Waals surface area (Å²) >= 11 is 0. The second kappa shape index (κ2) is 7.50. The van der Waals surface area contributed by atoms with E-state index in [4.69, 9.17) is 0 Å². The van der Waals surface area contributed by atoms with Gasteiger partial charge in [-0.15, -0.1) is 0 Å². The zero-order chi connectivity index (χ0) is 16.8. The van der Waals surface area contributed by atoms with Crippen LogP contribution >= 0.6 is 0 Å². The second-order valence-electron chi connectivity index (χ2n) is 5.23. The van der Waals surface area contributed by atoms with Gasteiger partial charge in [-0.2, -0.15) is 5.10 Å². The lowest BCUT2D eigenvalue weighted by Gasteiger charge is -2.15. The Balaban J connectivity index is 1.84. The van der Waals surface area contributed by atoms with E-state index in [9.17, 15) is 14.9 Å². The van der Waals surface area contributed by atoms with Crippen molar-refractivity contribution in [3.8, 4) is 0 Å². The summed E-state index contributed by atoms with van der Waals surface area (Å²) in [7, 11) is 1.85. The number of amides is 1. The number of aryl methyl sites for hydroxylation is 1. The highest BCUT2D eigenvalue weighted by Gasteiger charge is 2.10. The van der Waals surface area contributed by atoms with E-state index >= 15 is 0 Å². The van der Waals surface area contributed by atoms with Crippen LogP contribution in [0.2, 0.25) is 0 Å². The van der Waals surface area contributed by atoms with Crippen LogP contribution in [0.15, 0.2) is 36.7 Å². The van der Waals surface area contributed by atoms with Gasteiger partial charge in [0.2, 0.25) is 5.91 Å². The molecule has 1 aromatic carbocycles. The lowest BCUT2D eigenvalue weighted by atomic mass is 10.3. The van der Waals surface area contributed by atoms with Gasteiger partial charge in [0.1, 0.15) is 0 Å². The third-order valence-electron chi connectivity index (χ3n) is 3.24. The number of aromatic nitrogens is 2. The Morgan fingerprint density at radius 1 is 1.39 bits per heavy atom. The number of carbonyl (C=O) groups is 1. The number of rotatable bonds is 7. The Hall–Kier alpha value is -2.74. The Morgan fingerprint density at radius 2 is 2.09 bits per heavy atom. The van der Waals surface area contributed by atoms with E-state index in [1.165, 1.54) is 24.3 Å². The number of non-ortho nitro benzene ring substituents is 1. The molecule has 0 aliphatic rings. The van der Waals surface area contributed by atoms with Crippen LogP contribution in [0.25, 0.3) is 0 Å². The summed E-state index contributed by atoms with van der Waals surface area (Å²) in [5, 5.41) is 17.5. The molecular weight excluding hydrogens is 298 g/mol. The van der Waals surface area contributed by atoms with Crippen LogP contribution < -0.4 is 5.32 Å². The number of nitro benzene ring substituents is 1. The smallest absolute Gasteiger partial charge is 0.269 e. The zero-order valence-corrected chi connectivity index (χ0v) is 13.1. The van der Waals surface area contributed by atoms with Gasteiger partial charge in [0, 0.05) is 42.7 Å². The van der Waals surface area contributed by atoms with Crippen molar-refractivity contribution in [3.63, 3.8) is 0 Å². The van der Waals surface area contributed by atoms with Crippen molar-refractivity contribution in [1.82, 2.24) is 14.7 Å². The highest BCUT2D eigenvalue weighted by Crippen LogP contribution is 2.15. The van der Waals surface area contributed by atoms with Gasteiger partial charge in [-0.3, -0.25) is 24.5 Å². The van der Waals surface area contributed by atoms with Crippen molar-refractivity contribution in [2.24, 2.45) is 0 Å². The molecule has 2 rings (SSSR count). The fraction of sp³-hybridized carbons (Fsp3) is 0.333. The van der Waals surface area contributed by atoms with E-state index in [1.807, 2.05) is 29.7 Å². The molecule has 0 spiro atoms. The standard InChI is InChI=1S/C15H19N5O3/c1-3-19-10-12(8-16-19)9-18(2)11-15(21)17-13-4-6-14(7-5-13)20(22)23/h4-8,10H,3,9,11H2,1-2H3,(H,17,21). The van der Waals surface area contributed by atoms with E-state index in [0.29, 0.717) is 12.2 Å². The fourth-order valence-electron chi connectivity index (χ4n) is 2.14. The second-order valence-corrected chi connectivity index (χ2v) is 5.23. The van der Waals surface area contributed by atoms with Crippen molar-refractivity contribution in [3.05, 3.63) is 52.3 Å². The molecule has 23 heavy (non-hydrogen) atoms. The van der Waals surface area contributed by atoms with Crippen LogP contribution in [-0.4, -0.2) is 39.1 Å². The largest absolute Gasteiger partial charge is 0.325 e. The van der Waals surface area contributed by atoms with Gasteiger partial charge in [0.15, 0.2) is 0 Å². The summed E-state index contributed by atoms with van der Waals surface area (Å²) in [4.78, 5) is 24.0. The third-order valence-corrected chi connectivity index (χ3v) is 3.24. The van der Waals surface area contributed by atoms with Crippen LogP contribution in [0.1, 0.15) is 12.5 Å². The Labute approximate surface area is 133 Å². The van der Waals surface area contributed by atoms with Crippen molar-refractivity contribution < 1.29 is 9.72 Å². The zero-order valence-electron chi connectivity index (χ0n) is 13.1. The normalized spacial score (nSPS) is 10.7. The molecule has 8 heteroatoms. The highest BCUT2D eigenvalue weighted by atomic mass is 16.6. The third kappa shape index (κ3) is 4.89. The number of likely N-dealkylation sites (N-methyl/N-ethyl adjacent to an activating group) is 1. The van der Waals surface area contributed by atoms with Crippen molar-refractivity contribution in [1.29, 1.82) is 0 Å². The summed E-state index contributed by atoms with van der Waals surface area (Å²) in [6.07, 6.45) is 3.74. The Bertz CT molecular complexity index is 681. The molecule has 0 bridgehead atoms. The summed E-state index contributed by atoms with van der Waals surface area (Å²) in [5.41, 5.74) is 1.57. The van der Waals surface area contributed by atoms with Crippen molar-refractivity contribution in [2.45, 2.75) is 20.0 Å². The molecule has 1 N–H and O–H groups in total. The Kier molecular flexibility index (Phi) is 5.42. The lowest BCUT2D eigenvalue weighted by Crippen LogP contribution is -2.29. The number of anilines is 1. The first-order valence-corrected chi connectivity index (χ1v) is 7.22. The van der Waals surface area contributed by atoms with Gasteiger partial charge in [-0.05, 0) is 26.1 Å². The summed E-state index contributed by atoms with van der Waals surface area (Å²) in [6.45, 7) is 3.66. The number of hydrogen-bond acceptors (Lipinski definition) is 5. The van der Waals surface area contributed by atoms with Crippen molar-refractivity contribution in [2.75, 3.05) is 18.9 Å². The molecule has 0 atom stereocenters. The topological polar surface area (TPSA) is 93.3 Å². The first kappa shape index (κ1) is 16.6. The number of nitro groups is 1. The van der Waals surface area contributed by atoms with Crippen LogP contribution in [0, 0.1) is 10.1 Å². The van der Waals surface area contributed by atoms with Crippen LogP contribution in [0.5, 0.6) is 0 Å². The SMILES string of the molecule is CCn1cc(CN(C)CC(=O)Nc2ccc([N+](=O)[O-])cc2)cn1. The number of hydrogen-bond donors (Lipinski definition) is 1. The quantitative estimate of drug-likeness (QED) is 0.621. The van der Waals surface area contributed by atoms with Crippen LogP contribution in [0.4, 0.5) is 11.4 Å². The first-order valence-electron chi connectivity index (χ1n) is 7.22. The monoisotopic (exact) mass is 317 g/mol. The summed E-state index contributed by atoms with van der Waals surface area (Å²) in [6, 6.07) is 5.75. The van der Waals surface area contributed by atoms with E-state index in [0.717, 1.165) is 12.1 Å². The van der Waals surface area contributed by atoms with Crippen molar-refractivity contribution >= 4 is 17.3 Å². The van der Waals surface area contributed by atoms with E-state index < -0.39 is 4.92 Å². The number of carbonyl (C=O) groups excluding carboxylic acids is 1. The average Bonchev–Trinajstić information content (AvgIpc) is 2.95. The highest BCUT2D eigenvalue weighted by molar-refractivity contribution is 5.92. The molecule has 1 amide bonds. The van der Waals surface area contributed by atoms with Gasteiger partial charge in [-0.25, -0.2) is 0 Å². The number of nitrogens with zero attached hydrogens (tertiary/aromatic N) is 4. The van der Waals surface area contributed by atoms with Crippen LogP contribution in [0.3, 0.4) is 0 Å². The maximum absolute atomic E-state index is 12.0. The molecular formula is C15H19N5O3. The molecule has 0 saturated carbocycles. The molecule has 0 aliphatic carbocycles. The Morgan fingerprint density at radius 3 is 2.65 bits per heavy atom. The molecule has 2 aromatic rings. The lowest BCUT2D eigenvalue weighted by molar-refractivity contribution is -0.384. The minimum absolute atomic E-state index is 0.00643. The predicted molar refractivity (Wildman–Crippen MR) is 86.0 cm³/mol. The van der Waals surface area contributed by atoms with Gasteiger partial charge in [0.25, 0.3) is 5.69 Å². The summed E-state index contributed by atoms with van der Waals surface area (Å²) < 4.78 is 1.83. The van der Waals surface area contributed by atoms with Gasteiger partial charge >= 0.3 is 0 Å². The van der Waals surface area contributed by atoms with E-state index in [1.54, 1.807) is 6.20 Å². The fourth-order valence-corrected chi connectivity index (χ4v) is 2.14. The molecule has 122 valence electrons. The average molecular weight is 317 g/mol. The minimum Gasteiger partial charge on any atom is -0.325 e. The molecule has 0 fully saturated rings. The number of nitrogens with one attached hydrogen (secondary N) is 1. The molecule has 1 aromatic heterocycles. The predicted octanol–water partition coefficient (Wildman–Crippen LogP) is 1.88. The number of benzene rings is 1. The minimum atomic E-state index is -0.476. The molecule has 8 nitrogen and oxygen atoms in total. The van der Waals surface area contributed by atoms with Gasteiger partial charge in [0.05, 0.1) is 17.7 Å².